The van der Waals surface area contributed by atoms with Crippen LogP contribution in [0.5, 0.6) is 5.75 Å². The van der Waals surface area contributed by atoms with Gasteiger partial charge in [-0.3, -0.25) is 4.98 Å². The summed E-state index contributed by atoms with van der Waals surface area (Å²) in [5, 5.41) is 10.2. The number of aromatic hydroxyl groups is 1. The lowest BCUT2D eigenvalue weighted by atomic mass is 9.91. The van der Waals surface area contributed by atoms with Crippen LogP contribution in [0.25, 0.3) is 11.1 Å². The number of aromatic nitrogens is 1. The number of halogens is 1. The summed E-state index contributed by atoms with van der Waals surface area (Å²) in [5.41, 5.74) is 4.02. The quantitative estimate of drug-likeness (QED) is 0.642. The highest BCUT2D eigenvalue weighted by atomic mass is 35.5. The fourth-order valence-electron chi connectivity index (χ4n) is 3.27. The topological polar surface area (TPSA) is 53.4 Å². The summed E-state index contributed by atoms with van der Waals surface area (Å²) in [6.07, 6.45) is 6.48. The maximum absolute atomic E-state index is 12.1. The van der Waals surface area contributed by atoms with Crippen LogP contribution < -0.4 is 4.90 Å². The van der Waals surface area contributed by atoms with Gasteiger partial charge in [0, 0.05) is 28.7 Å². The predicted octanol–water partition coefficient (Wildman–Crippen LogP) is 4.95. The molecule has 0 radical (unpaired) electrons. The molecule has 4 nitrogen and oxygen atoms in total. The van der Waals surface area contributed by atoms with Crippen molar-refractivity contribution >= 4 is 34.7 Å². The molecule has 5 heteroatoms. The van der Waals surface area contributed by atoms with Gasteiger partial charge < -0.3 is 14.8 Å². The third-order valence-electron chi connectivity index (χ3n) is 4.63. The molecule has 1 N–H and O–H groups in total. The van der Waals surface area contributed by atoms with Crippen LogP contribution in [-0.4, -0.2) is 22.4 Å². The van der Waals surface area contributed by atoms with Crippen molar-refractivity contribution in [2.45, 2.75) is 6.04 Å². The first-order valence-electron chi connectivity index (χ1n) is 8.80. The molecule has 1 aliphatic rings. The molecule has 0 amide bonds. The number of benzene rings is 2. The van der Waals surface area contributed by atoms with Crippen LogP contribution in [0.3, 0.4) is 0 Å². The number of anilines is 1. The van der Waals surface area contributed by atoms with Gasteiger partial charge in [-0.05, 0) is 59.7 Å². The molecule has 0 aliphatic carbocycles. The molecule has 2 heterocycles. The Morgan fingerprint density at radius 3 is 2.43 bits per heavy atom. The maximum atomic E-state index is 12.1. The minimum absolute atomic E-state index is 0.166. The summed E-state index contributed by atoms with van der Waals surface area (Å²) in [4.78, 5) is 18.4. The van der Waals surface area contributed by atoms with Crippen LogP contribution in [0.2, 0.25) is 5.02 Å². The van der Waals surface area contributed by atoms with Crippen molar-refractivity contribution in [2.24, 2.45) is 0 Å². The van der Waals surface area contributed by atoms with E-state index < -0.39 is 6.04 Å². The summed E-state index contributed by atoms with van der Waals surface area (Å²) >= 11 is 6.44. The molecule has 0 spiro atoms. The number of hydrogen-bond donors (Lipinski definition) is 1. The SMILES string of the molecule is O=CC1C(c2ccccc2Cl)=CC(c2ccccn2)=CN1c1ccc(O)cc1. The van der Waals surface area contributed by atoms with Crippen LogP contribution in [0.4, 0.5) is 5.69 Å². The molecule has 28 heavy (non-hydrogen) atoms. The number of hydrogen-bond acceptors (Lipinski definition) is 4. The highest BCUT2D eigenvalue weighted by Crippen LogP contribution is 2.37. The van der Waals surface area contributed by atoms with Crippen LogP contribution in [0, 0.1) is 0 Å². The molecule has 0 saturated heterocycles. The van der Waals surface area contributed by atoms with E-state index in [1.165, 1.54) is 0 Å². The van der Waals surface area contributed by atoms with Crippen LogP contribution in [0.15, 0.2) is 85.2 Å². The molecule has 1 unspecified atom stereocenters. The van der Waals surface area contributed by atoms with E-state index in [9.17, 15) is 9.90 Å². The Labute approximate surface area is 168 Å². The van der Waals surface area contributed by atoms with Crippen molar-refractivity contribution < 1.29 is 9.90 Å². The third kappa shape index (κ3) is 3.42. The molecule has 2 aromatic carbocycles. The van der Waals surface area contributed by atoms with Crippen molar-refractivity contribution in [3.8, 4) is 5.75 Å². The van der Waals surface area contributed by atoms with Gasteiger partial charge in [-0.15, -0.1) is 0 Å². The zero-order chi connectivity index (χ0) is 19.5. The smallest absolute Gasteiger partial charge is 0.147 e. The zero-order valence-electron chi connectivity index (χ0n) is 14.9. The zero-order valence-corrected chi connectivity index (χ0v) is 15.6. The van der Waals surface area contributed by atoms with Gasteiger partial charge in [-0.25, -0.2) is 0 Å². The molecular weight excluding hydrogens is 372 g/mol. The highest BCUT2D eigenvalue weighted by molar-refractivity contribution is 6.32. The Kier molecular flexibility index (Phi) is 4.96. The fourth-order valence-corrected chi connectivity index (χ4v) is 3.52. The second-order valence-electron chi connectivity index (χ2n) is 6.38. The van der Waals surface area contributed by atoms with Crippen molar-refractivity contribution in [3.05, 3.63) is 101 Å². The Bertz CT molecular complexity index is 1060. The lowest BCUT2D eigenvalue weighted by molar-refractivity contribution is -0.107. The van der Waals surface area contributed by atoms with Gasteiger partial charge in [0.1, 0.15) is 18.1 Å². The Hall–Kier alpha value is -3.37. The molecule has 1 aliphatic heterocycles. The first kappa shape index (κ1) is 18.0. The number of allylic oxidation sites excluding steroid dienone is 2. The van der Waals surface area contributed by atoms with Crippen molar-refractivity contribution in [1.29, 1.82) is 0 Å². The molecule has 1 atom stereocenters. The van der Waals surface area contributed by atoms with Crippen LogP contribution in [-0.2, 0) is 4.79 Å². The fraction of sp³-hybridized carbons (Fsp3) is 0.0435. The number of carbonyl (C=O) groups is 1. The number of carbonyl (C=O) groups excluding carboxylic acids is 1. The predicted molar refractivity (Wildman–Crippen MR) is 112 cm³/mol. The van der Waals surface area contributed by atoms with Gasteiger partial charge in [-0.2, -0.15) is 0 Å². The van der Waals surface area contributed by atoms with Gasteiger partial charge in [-0.1, -0.05) is 35.9 Å². The van der Waals surface area contributed by atoms with E-state index >= 15 is 0 Å². The monoisotopic (exact) mass is 388 g/mol. The average Bonchev–Trinajstić information content (AvgIpc) is 2.74. The summed E-state index contributed by atoms with van der Waals surface area (Å²) < 4.78 is 0. The molecule has 1 aromatic heterocycles. The van der Waals surface area contributed by atoms with E-state index in [4.69, 9.17) is 11.6 Å². The van der Waals surface area contributed by atoms with Gasteiger partial charge >= 0.3 is 0 Å². The molecule has 0 bridgehead atoms. The molecular formula is C23H17ClN2O2. The molecule has 0 fully saturated rings. The van der Waals surface area contributed by atoms with E-state index in [0.29, 0.717) is 5.02 Å². The number of phenolic OH excluding ortho intramolecular Hbond substituents is 1. The van der Waals surface area contributed by atoms with E-state index in [0.717, 1.165) is 34.4 Å². The minimum Gasteiger partial charge on any atom is -0.508 e. The molecule has 3 aromatic rings. The van der Waals surface area contributed by atoms with Crippen molar-refractivity contribution in [2.75, 3.05) is 4.90 Å². The second-order valence-corrected chi connectivity index (χ2v) is 6.79. The van der Waals surface area contributed by atoms with Gasteiger partial charge in [0.05, 0.1) is 5.69 Å². The molecule has 0 saturated carbocycles. The third-order valence-corrected chi connectivity index (χ3v) is 4.96. The minimum atomic E-state index is -0.558. The van der Waals surface area contributed by atoms with E-state index in [2.05, 4.69) is 4.98 Å². The largest absolute Gasteiger partial charge is 0.508 e. The number of nitrogens with zero attached hydrogens (tertiary/aromatic N) is 2. The number of aldehydes is 1. The first-order valence-corrected chi connectivity index (χ1v) is 9.17. The summed E-state index contributed by atoms with van der Waals surface area (Å²) in [7, 11) is 0. The summed E-state index contributed by atoms with van der Waals surface area (Å²) in [6, 6.07) is 19.3. The van der Waals surface area contributed by atoms with Crippen LogP contribution >= 0.6 is 11.6 Å². The standard InChI is InChI=1S/C23H17ClN2O2/c24-21-6-2-1-5-19(21)20-13-16(22-7-3-4-12-25-22)14-26(23(20)15-27)17-8-10-18(28)11-9-17/h1-15,23,28H. The lowest BCUT2D eigenvalue weighted by Crippen LogP contribution is -2.35. The average molecular weight is 389 g/mol. The number of phenols is 1. The Balaban J connectivity index is 1.90. The highest BCUT2D eigenvalue weighted by Gasteiger charge is 2.28. The number of rotatable bonds is 4. The van der Waals surface area contributed by atoms with Gasteiger partial charge in [0.15, 0.2) is 0 Å². The number of pyridine rings is 1. The second kappa shape index (κ2) is 7.71. The van der Waals surface area contributed by atoms with Gasteiger partial charge in [0.2, 0.25) is 0 Å². The Morgan fingerprint density at radius 1 is 1.00 bits per heavy atom. The first-order chi connectivity index (χ1) is 13.7. The van der Waals surface area contributed by atoms with Gasteiger partial charge in [0.25, 0.3) is 0 Å². The van der Waals surface area contributed by atoms with Crippen molar-refractivity contribution in [1.82, 2.24) is 4.98 Å². The van der Waals surface area contributed by atoms with E-state index in [-0.39, 0.29) is 5.75 Å². The lowest BCUT2D eigenvalue weighted by Gasteiger charge is -2.33. The van der Waals surface area contributed by atoms with E-state index in [1.807, 2.05) is 59.6 Å². The summed E-state index contributed by atoms with van der Waals surface area (Å²) in [5.74, 6) is 0.166. The maximum Gasteiger partial charge on any atom is 0.147 e. The van der Waals surface area contributed by atoms with Crippen molar-refractivity contribution in [3.63, 3.8) is 0 Å². The van der Waals surface area contributed by atoms with E-state index in [1.54, 1.807) is 30.5 Å². The normalized spacial score (nSPS) is 16.3. The molecule has 138 valence electrons. The summed E-state index contributed by atoms with van der Waals surface area (Å²) in [6.45, 7) is 0. The Morgan fingerprint density at radius 2 is 1.75 bits per heavy atom. The molecule has 4 rings (SSSR count). The van der Waals surface area contributed by atoms with Crippen LogP contribution in [0.1, 0.15) is 11.3 Å².